The van der Waals surface area contributed by atoms with Gasteiger partial charge in [0.05, 0.1) is 47.3 Å². The molecule has 0 N–H and O–H groups in total. The summed E-state index contributed by atoms with van der Waals surface area (Å²) in [5.41, 5.74) is 0.358. The van der Waals surface area contributed by atoms with Crippen molar-refractivity contribution in [2.75, 3.05) is 27.3 Å². The Balaban J connectivity index is 2.28. The van der Waals surface area contributed by atoms with Gasteiger partial charge in [0.1, 0.15) is 4.91 Å². The number of nitro benzene ring substituents is 1. The summed E-state index contributed by atoms with van der Waals surface area (Å²) in [5.74, 6) is -2.52. The summed E-state index contributed by atoms with van der Waals surface area (Å²) in [6, 6.07) is 7.90. The molecule has 0 spiro atoms. The van der Waals surface area contributed by atoms with Gasteiger partial charge in [0.2, 0.25) is 0 Å². The minimum atomic E-state index is -0.996. The van der Waals surface area contributed by atoms with Crippen LogP contribution in [0.1, 0.15) is 30.7 Å². The predicted molar refractivity (Wildman–Crippen MR) is 113 cm³/mol. The third-order valence-corrected chi connectivity index (χ3v) is 6.47. The number of likely N-dealkylation sites (tertiary alicyclic amines) is 1. The summed E-state index contributed by atoms with van der Waals surface area (Å²) in [5, 5.41) is 22.0. The molecule has 10 heteroatoms. The molecule has 162 valence electrons. The number of nitrogens with zero attached hydrogens (tertiary/aromatic N) is 3. The molecule has 0 aromatic heterocycles. The minimum absolute atomic E-state index is 0.0189. The Morgan fingerprint density at radius 1 is 1.19 bits per heavy atom. The van der Waals surface area contributed by atoms with Crippen LogP contribution in [0, 0.1) is 21.4 Å². The zero-order chi connectivity index (χ0) is 22.5. The van der Waals surface area contributed by atoms with Gasteiger partial charge in [-0.05, 0) is 24.8 Å². The molecule has 1 unspecified atom stereocenters. The molecule has 0 bridgehead atoms. The molecule has 2 heterocycles. The maximum atomic E-state index is 12.8. The number of allylic oxidation sites excluding steroid dienone is 1. The lowest BCUT2D eigenvalue weighted by Gasteiger charge is -2.36. The second-order valence-electron chi connectivity index (χ2n) is 6.99. The van der Waals surface area contributed by atoms with Gasteiger partial charge in [0.15, 0.2) is 0 Å². The molecule has 1 fully saturated rings. The Kier molecular flexibility index (Phi) is 6.97. The van der Waals surface area contributed by atoms with Crippen LogP contribution in [0.3, 0.4) is 0 Å². The van der Waals surface area contributed by atoms with E-state index in [1.165, 1.54) is 32.4 Å². The van der Waals surface area contributed by atoms with Crippen molar-refractivity contribution in [3.63, 3.8) is 0 Å². The van der Waals surface area contributed by atoms with Crippen LogP contribution >= 0.6 is 11.8 Å². The predicted octanol–water partition coefficient (Wildman–Crippen LogP) is 3.25. The molecule has 0 radical (unpaired) electrons. The van der Waals surface area contributed by atoms with Crippen molar-refractivity contribution in [2.45, 2.75) is 25.2 Å². The van der Waals surface area contributed by atoms with E-state index in [4.69, 9.17) is 9.47 Å². The van der Waals surface area contributed by atoms with E-state index in [0.717, 1.165) is 31.0 Å². The van der Waals surface area contributed by atoms with Crippen LogP contribution in [0.2, 0.25) is 0 Å². The first-order valence-corrected chi connectivity index (χ1v) is 10.5. The molecule has 0 amide bonds. The van der Waals surface area contributed by atoms with E-state index in [9.17, 15) is 25.0 Å². The highest BCUT2D eigenvalue weighted by Crippen LogP contribution is 2.49. The topological polar surface area (TPSA) is 123 Å². The number of carbonyl (C=O) groups excluding carboxylic acids is 2. The fourth-order valence-corrected chi connectivity index (χ4v) is 5.02. The van der Waals surface area contributed by atoms with Gasteiger partial charge in [0, 0.05) is 25.2 Å². The molecule has 0 saturated carbocycles. The number of hydrogen-bond acceptors (Lipinski definition) is 9. The lowest BCUT2D eigenvalue weighted by atomic mass is 9.84. The summed E-state index contributed by atoms with van der Waals surface area (Å²) in [6.07, 6.45) is 2.94. The van der Waals surface area contributed by atoms with Crippen molar-refractivity contribution in [3.05, 3.63) is 61.0 Å². The second kappa shape index (κ2) is 9.66. The van der Waals surface area contributed by atoms with Gasteiger partial charge in [-0.3, -0.25) is 10.1 Å². The smallest absolute Gasteiger partial charge is 0.345 e. The lowest BCUT2D eigenvalue weighted by molar-refractivity contribution is -0.384. The van der Waals surface area contributed by atoms with Gasteiger partial charge in [-0.2, -0.15) is 5.26 Å². The summed E-state index contributed by atoms with van der Waals surface area (Å²) in [6.45, 7) is 1.41. The zero-order valence-electron chi connectivity index (χ0n) is 17.1. The van der Waals surface area contributed by atoms with Gasteiger partial charge in [-0.15, -0.1) is 0 Å². The van der Waals surface area contributed by atoms with Crippen molar-refractivity contribution in [1.82, 2.24) is 4.90 Å². The van der Waals surface area contributed by atoms with Crippen LogP contribution in [0.25, 0.3) is 0 Å². The van der Waals surface area contributed by atoms with E-state index >= 15 is 0 Å². The van der Waals surface area contributed by atoms with E-state index in [2.05, 4.69) is 6.07 Å². The highest BCUT2D eigenvalue weighted by molar-refractivity contribution is 8.07. The number of thioether (sulfide) groups is 1. The molecule has 9 nitrogen and oxygen atoms in total. The Morgan fingerprint density at radius 3 is 2.45 bits per heavy atom. The zero-order valence-corrected chi connectivity index (χ0v) is 17.9. The molecule has 2 aliphatic rings. The largest absolute Gasteiger partial charge is 0.466 e. The third-order valence-electron chi connectivity index (χ3n) is 5.21. The second-order valence-corrected chi connectivity index (χ2v) is 7.99. The number of rotatable bonds is 5. The molecule has 3 rings (SSSR count). The lowest BCUT2D eigenvalue weighted by Crippen LogP contribution is -2.33. The molecular weight excluding hydrogens is 422 g/mol. The molecule has 1 aromatic rings. The maximum Gasteiger partial charge on any atom is 0.345 e. The number of methoxy groups -OCH3 is 2. The molecule has 1 atom stereocenters. The van der Waals surface area contributed by atoms with Crippen molar-refractivity contribution in [2.24, 2.45) is 0 Å². The van der Waals surface area contributed by atoms with Gasteiger partial charge >= 0.3 is 11.9 Å². The average molecular weight is 443 g/mol. The average Bonchev–Trinajstić information content (AvgIpc) is 2.82. The van der Waals surface area contributed by atoms with Gasteiger partial charge in [-0.1, -0.05) is 23.9 Å². The van der Waals surface area contributed by atoms with Crippen molar-refractivity contribution >= 4 is 29.4 Å². The third kappa shape index (κ3) is 4.41. The number of nitro groups is 1. The number of nitriles is 1. The standard InChI is InChI=1S/C21H21N3O6S/c1-29-20(25)17-16(13-7-6-8-14(11-13)24(27)28)15(12-22)19(23-9-4-3-5-10-23)31-18(17)21(26)30-2/h6-8,11,16H,3-5,9-10H2,1-2H3. The Morgan fingerprint density at radius 2 is 1.87 bits per heavy atom. The van der Waals surface area contributed by atoms with E-state index in [-0.39, 0.29) is 21.7 Å². The normalized spacial score (nSPS) is 19.0. The summed E-state index contributed by atoms with van der Waals surface area (Å²) < 4.78 is 9.83. The number of ether oxygens (including phenoxy) is 2. The van der Waals surface area contributed by atoms with Crippen LogP contribution in [0.15, 0.2) is 45.3 Å². The fraction of sp³-hybridized carbons (Fsp3) is 0.381. The van der Waals surface area contributed by atoms with Crippen molar-refractivity contribution < 1.29 is 24.0 Å². The monoisotopic (exact) mass is 443 g/mol. The minimum Gasteiger partial charge on any atom is -0.466 e. The van der Waals surface area contributed by atoms with E-state index in [0.29, 0.717) is 23.7 Å². The Hall–Kier alpha value is -3.32. The summed E-state index contributed by atoms with van der Waals surface area (Å²) in [4.78, 5) is 38.2. The van der Waals surface area contributed by atoms with Crippen molar-refractivity contribution in [1.29, 1.82) is 5.26 Å². The van der Waals surface area contributed by atoms with Gasteiger partial charge in [0.25, 0.3) is 5.69 Å². The number of benzene rings is 1. The Labute approximate surface area is 183 Å². The van der Waals surface area contributed by atoms with E-state index in [1.807, 2.05) is 4.90 Å². The summed E-state index contributed by atoms with van der Waals surface area (Å²) >= 11 is 1.02. The van der Waals surface area contributed by atoms with E-state index < -0.39 is 22.8 Å². The quantitative estimate of drug-likeness (QED) is 0.383. The molecule has 2 aliphatic heterocycles. The van der Waals surface area contributed by atoms with Gasteiger partial charge in [-0.25, -0.2) is 9.59 Å². The first-order chi connectivity index (χ1) is 14.9. The van der Waals surface area contributed by atoms with Crippen LogP contribution in [0.4, 0.5) is 5.69 Å². The first kappa shape index (κ1) is 22.4. The molecule has 0 aliphatic carbocycles. The highest BCUT2D eigenvalue weighted by Gasteiger charge is 2.41. The first-order valence-electron chi connectivity index (χ1n) is 9.65. The molecular formula is C21H21N3O6S. The number of hydrogen-bond donors (Lipinski definition) is 0. The molecule has 31 heavy (non-hydrogen) atoms. The van der Waals surface area contributed by atoms with Crippen LogP contribution in [-0.2, 0) is 19.1 Å². The van der Waals surface area contributed by atoms with Crippen LogP contribution < -0.4 is 0 Å². The number of piperidine rings is 1. The molecule has 1 saturated heterocycles. The highest BCUT2D eigenvalue weighted by atomic mass is 32.2. The van der Waals surface area contributed by atoms with Crippen LogP contribution in [-0.4, -0.2) is 49.1 Å². The SMILES string of the molecule is COC(=O)C1=C(C(=O)OC)C(c2cccc([N+](=O)[O-])c2)C(C#N)=C(N2CCCCC2)S1. The van der Waals surface area contributed by atoms with E-state index in [1.54, 1.807) is 6.07 Å². The molecule has 1 aromatic carbocycles. The number of carbonyl (C=O) groups is 2. The van der Waals surface area contributed by atoms with Gasteiger partial charge < -0.3 is 14.4 Å². The number of esters is 2. The number of non-ortho nitro benzene ring substituents is 1. The van der Waals surface area contributed by atoms with Crippen molar-refractivity contribution in [3.8, 4) is 6.07 Å². The fourth-order valence-electron chi connectivity index (χ4n) is 3.77. The Bertz CT molecular complexity index is 1020. The maximum absolute atomic E-state index is 12.8. The van der Waals surface area contributed by atoms with Crippen LogP contribution in [0.5, 0.6) is 0 Å². The summed E-state index contributed by atoms with van der Waals surface area (Å²) in [7, 11) is 2.38.